The van der Waals surface area contributed by atoms with Crippen molar-refractivity contribution in [2.45, 2.75) is 25.9 Å². The molecule has 3 aromatic rings. The maximum Gasteiger partial charge on any atom is 0.166 e. The van der Waals surface area contributed by atoms with Gasteiger partial charge in [0.15, 0.2) is 11.9 Å². The van der Waals surface area contributed by atoms with Crippen molar-refractivity contribution in [3.63, 3.8) is 0 Å². The van der Waals surface area contributed by atoms with Crippen LogP contribution in [0.25, 0.3) is 16.2 Å². The van der Waals surface area contributed by atoms with E-state index in [1.807, 2.05) is 12.1 Å². The molecule has 1 N–H and O–H groups in total. The van der Waals surface area contributed by atoms with Crippen LogP contribution in [0.15, 0.2) is 24.4 Å². The van der Waals surface area contributed by atoms with Gasteiger partial charge in [0.2, 0.25) is 0 Å². The van der Waals surface area contributed by atoms with E-state index in [4.69, 9.17) is 0 Å². The Bertz CT molecular complexity index is 848. The van der Waals surface area contributed by atoms with Crippen molar-refractivity contribution in [2.75, 3.05) is 0 Å². The SMILES string of the molecule is O=Cc1cnn2c(CC3CC3)cc(-c3ccc(CO)s3)nc12. The molecule has 112 valence electrons. The highest BCUT2D eigenvalue weighted by molar-refractivity contribution is 7.15. The molecule has 1 aliphatic carbocycles. The molecule has 1 saturated carbocycles. The molecule has 0 radical (unpaired) electrons. The second-order valence-electron chi connectivity index (χ2n) is 5.66. The third kappa shape index (κ3) is 2.34. The fraction of sp³-hybridized carbons (Fsp3) is 0.312. The first-order valence-electron chi connectivity index (χ1n) is 7.31. The van der Waals surface area contributed by atoms with Gasteiger partial charge in [0.1, 0.15) is 0 Å². The Morgan fingerprint density at radius 3 is 2.95 bits per heavy atom. The van der Waals surface area contributed by atoms with Crippen LogP contribution in [-0.2, 0) is 13.0 Å². The number of hydrogen-bond donors (Lipinski definition) is 1. The molecule has 22 heavy (non-hydrogen) atoms. The van der Waals surface area contributed by atoms with Crippen LogP contribution in [0, 0.1) is 5.92 Å². The molecule has 6 heteroatoms. The van der Waals surface area contributed by atoms with Crippen LogP contribution in [0.3, 0.4) is 0 Å². The number of fused-ring (bicyclic) bond motifs is 1. The van der Waals surface area contributed by atoms with E-state index in [-0.39, 0.29) is 6.61 Å². The first-order valence-corrected chi connectivity index (χ1v) is 8.13. The van der Waals surface area contributed by atoms with Crippen LogP contribution in [-0.4, -0.2) is 26.0 Å². The fourth-order valence-electron chi connectivity index (χ4n) is 2.62. The molecule has 0 unspecified atom stereocenters. The van der Waals surface area contributed by atoms with Crippen molar-refractivity contribution < 1.29 is 9.90 Å². The lowest BCUT2D eigenvalue weighted by Crippen LogP contribution is -2.03. The fourth-order valence-corrected chi connectivity index (χ4v) is 3.44. The van der Waals surface area contributed by atoms with Gasteiger partial charge in [0, 0.05) is 10.6 Å². The van der Waals surface area contributed by atoms with E-state index in [0.29, 0.717) is 11.2 Å². The summed E-state index contributed by atoms with van der Waals surface area (Å²) in [5.41, 5.74) is 3.06. The van der Waals surface area contributed by atoms with Gasteiger partial charge < -0.3 is 5.11 Å². The molecule has 5 nitrogen and oxygen atoms in total. The number of carbonyl (C=O) groups is 1. The van der Waals surface area contributed by atoms with Gasteiger partial charge in [-0.25, -0.2) is 9.50 Å². The van der Waals surface area contributed by atoms with Crippen LogP contribution >= 0.6 is 11.3 Å². The van der Waals surface area contributed by atoms with E-state index in [2.05, 4.69) is 16.1 Å². The Morgan fingerprint density at radius 2 is 2.27 bits per heavy atom. The molecule has 0 amide bonds. The molecule has 0 atom stereocenters. The van der Waals surface area contributed by atoms with E-state index in [9.17, 15) is 9.90 Å². The van der Waals surface area contributed by atoms with Crippen molar-refractivity contribution in [3.05, 3.63) is 40.5 Å². The van der Waals surface area contributed by atoms with Crippen molar-refractivity contribution in [2.24, 2.45) is 5.92 Å². The van der Waals surface area contributed by atoms with Crippen LogP contribution < -0.4 is 0 Å². The number of aromatic nitrogens is 3. The lowest BCUT2D eigenvalue weighted by molar-refractivity contribution is 0.112. The lowest BCUT2D eigenvalue weighted by atomic mass is 10.2. The van der Waals surface area contributed by atoms with Gasteiger partial charge in [-0.2, -0.15) is 5.10 Å². The summed E-state index contributed by atoms with van der Waals surface area (Å²) in [7, 11) is 0. The maximum atomic E-state index is 11.2. The monoisotopic (exact) mass is 313 g/mol. The first-order chi connectivity index (χ1) is 10.8. The van der Waals surface area contributed by atoms with E-state index in [1.165, 1.54) is 24.2 Å². The Morgan fingerprint density at radius 1 is 1.41 bits per heavy atom. The number of rotatable bonds is 5. The van der Waals surface area contributed by atoms with Gasteiger partial charge in [-0.1, -0.05) is 0 Å². The zero-order chi connectivity index (χ0) is 15.1. The summed E-state index contributed by atoms with van der Waals surface area (Å²) in [5.74, 6) is 0.721. The number of carbonyl (C=O) groups excluding carboxylic acids is 1. The summed E-state index contributed by atoms with van der Waals surface area (Å²) in [6.45, 7) is 0.0358. The molecule has 0 spiro atoms. The van der Waals surface area contributed by atoms with Gasteiger partial charge in [0.05, 0.1) is 28.9 Å². The van der Waals surface area contributed by atoms with E-state index in [0.717, 1.165) is 39.8 Å². The molecule has 0 aliphatic heterocycles. The second kappa shape index (κ2) is 5.30. The zero-order valence-corrected chi connectivity index (χ0v) is 12.7. The maximum absolute atomic E-state index is 11.2. The molecular weight excluding hydrogens is 298 g/mol. The van der Waals surface area contributed by atoms with Crippen LogP contribution in [0.4, 0.5) is 0 Å². The Hall–Kier alpha value is -2.05. The number of nitrogens with zero attached hydrogens (tertiary/aromatic N) is 3. The van der Waals surface area contributed by atoms with Gasteiger partial charge in [-0.3, -0.25) is 4.79 Å². The summed E-state index contributed by atoms with van der Waals surface area (Å²) < 4.78 is 1.78. The van der Waals surface area contributed by atoms with Crippen LogP contribution in [0.5, 0.6) is 0 Å². The highest BCUT2D eigenvalue weighted by Crippen LogP contribution is 2.34. The minimum Gasteiger partial charge on any atom is -0.391 e. The largest absolute Gasteiger partial charge is 0.391 e. The summed E-state index contributed by atoms with van der Waals surface area (Å²) in [5, 5.41) is 13.5. The van der Waals surface area contributed by atoms with Gasteiger partial charge in [0.25, 0.3) is 0 Å². The summed E-state index contributed by atoms with van der Waals surface area (Å²) in [4.78, 5) is 17.7. The third-order valence-electron chi connectivity index (χ3n) is 3.96. The Balaban J connectivity index is 1.87. The third-order valence-corrected chi connectivity index (χ3v) is 5.06. The molecule has 1 fully saturated rings. The van der Waals surface area contributed by atoms with Crippen LogP contribution in [0.1, 0.15) is 33.8 Å². The number of thiophene rings is 1. The minimum atomic E-state index is 0.0358. The predicted octanol–water partition coefficient (Wildman–Crippen LogP) is 2.72. The molecule has 3 heterocycles. The van der Waals surface area contributed by atoms with Crippen LogP contribution in [0.2, 0.25) is 0 Å². The summed E-state index contributed by atoms with van der Waals surface area (Å²) in [6, 6.07) is 5.93. The highest BCUT2D eigenvalue weighted by Gasteiger charge is 2.24. The van der Waals surface area contributed by atoms with Crippen molar-refractivity contribution in [1.82, 2.24) is 14.6 Å². The smallest absolute Gasteiger partial charge is 0.166 e. The van der Waals surface area contributed by atoms with E-state index < -0.39 is 0 Å². The first kappa shape index (κ1) is 13.6. The van der Waals surface area contributed by atoms with Crippen molar-refractivity contribution in [3.8, 4) is 10.6 Å². The van der Waals surface area contributed by atoms with Gasteiger partial charge >= 0.3 is 0 Å². The van der Waals surface area contributed by atoms with Gasteiger partial charge in [-0.15, -0.1) is 11.3 Å². The van der Waals surface area contributed by atoms with Crippen molar-refractivity contribution in [1.29, 1.82) is 0 Å². The highest BCUT2D eigenvalue weighted by atomic mass is 32.1. The molecule has 3 aromatic heterocycles. The standard InChI is InChI=1S/C16H15N3O2S/c20-8-11-7-17-19-12(5-10-1-2-10)6-14(18-16(11)19)15-4-3-13(9-21)22-15/h3-4,6-8,10,21H,1-2,5,9H2. The topological polar surface area (TPSA) is 67.5 Å². The number of aliphatic hydroxyl groups excluding tert-OH is 1. The number of hydrogen-bond acceptors (Lipinski definition) is 5. The lowest BCUT2D eigenvalue weighted by Gasteiger charge is -2.07. The predicted molar refractivity (Wildman–Crippen MR) is 84.0 cm³/mol. The molecular formula is C16H15N3O2S. The average molecular weight is 313 g/mol. The summed E-state index contributed by atoms with van der Waals surface area (Å²) in [6.07, 6.45) is 5.85. The van der Waals surface area contributed by atoms with E-state index in [1.54, 1.807) is 10.7 Å². The van der Waals surface area contributed by atoms with Crippen molar-refractivity contribution >= 4 is 23.3 Å². The zero-order valence-electron chi connectivity index (χ0n) is 11.9. The molecule has 0 saturated heterocycles. The number of aliphatic hydroxyl groups is 1. The molecule has 0 aromatic carbocycles. The average Bonchev–Trinajstić information content (AvgIpc) is 3.07. The summed E-state index contributed by atoms with van der Waals surface area (Å²) >= 11 is 1.52. The number of aldehydes is 1. The second-order valence-corrected chi connectivity index (χ2v) is 6.83. The quantitative estimate of drug-likeness (QED) is 0.735. The Labute approximate surface area is 131 Å². The molecule has 4 rings (SSSR count). The molecule has 1 aliphatic rings. The normalized spacial score (nSPS) is 14.6. The molecule has 0 bridgehead atoms. The Kier molecular flexibility index (Phi) is 3.28. The van der Waals surface area contributed by atoms with E-state index >= 15 is 0 Å². The van der Waals surface area contributed by atoms with Gasteiger partial charge in [-0.05, 0) is 43.4 Å². The minimum absolute atomic E-state index is 0.0358.